The molecule has 0 aromatic heterocycles. The number of rotatable bonds is 4. The molecule has 3 N–H and O–H groups in total. The molecule has 0 spiro atoms. The summed E-state index contributed by atoms with van der Waals surface area (Å²) in [6.07, 6.45) is -1.37. The van der Waals surface area contributed by atoms with Gasteiger partial charge in [0.1, 0.15) is 0 Å². The van der Waals surface area contributed by atoms with Crippen molar-refractivity contribution in [3.05, 3.63) is 17.7 Å². The number of carbonyl (C=O) groups excluding carboxylic acids is 1. The van der Waals surface area contributed by atoms with Crippen LogP contribution in [0, 0.1) is 0 Å². The highest BCUT2D eigenvalue weighted by atomic mass is 16.5. The van der Waals surface area contributed by atoms with Crippen molar-refractivity contribution in [2.45, 2.75) is 12.5 Å². The standard InChI is InChI=1S/C11H14O6/c1-16-9-5-6(3-7(12)10(9)14)4-8(13)11(15)17-2/h3,5,8,12-14H,4H2,1-2H3. The summed E-state index contributed by atoms with van der Waals surface area (Å²) in [6, 6.07) is 2.66. The highest BCUT2D eigenvalue weighted by Crippen LogP contribution is 2.36. The van der Waals surface area contributed by atoms with Gasteiger partial charge in [0.25, 0.3) is 0 Å². The van der Waals surface area contributed by atoms with E-state index in [1.807, 2.05) is 0 Å². The Morgan fingerprint density at radius 2 is 2.00 bits per heavy atom. The number of aromatic hydroxyl groups is 2. The number of hydrogen-bond acceptors (Lipinski definition) is 6. The van der Waals surface area contributed by atoms with Gasteiger partial charge in [0.15, 0.2) is 17.6 Å². The summed E-state index contributed by atoms with van der Waals surface area (Å²) >= 11 is 0. The summed E-state index contributed by atoms with van der Waals surface area (Å²) in [5.74, 6) is -1.46. The Morgan fingerprint density at radius 1 is 1.35 bits per heavy atom. The average molecular weight is 242 g/mol. The molecule has 1 unspecified atom stereocenters. The number of phenolic OH excluding ortho intramolecular Hbond substituents is 2. The van der Waals surface area contributed by atoms with Gasteiger partial charge < -0.3 is 24.8 Å². The second-order valence-electron chi connectivity index (χ2n) is 3.41. The minimum Gasteiger partial charge on any atom is -0.504 e. The van der Waals surface area contributed by atoms with Gasteiger partial charge in [-0.25, -0.2) is 4.79 Å². The number of aliphatic hydroxyl groups is 1. The lowest BCUT2D eigenvalue weighted by Crippen LogP contribution is -2.24. The van der Waals surface area contributed by atoms with Gasteiger partial charge in [-0.3, -0.25) is 0 Å². The van der Waals surface area contributed by atoms with Crippen molar-refractivity contribution < 1.29 is 29.6 Å². The monoisotopic (exact) mass is 242 g/mol. The third-order valence-electron chi connectivity index (χ3n) is 2.24. The van der Waals surface area contributed by atoms with E-state index in [-0.39, 0.29) is 23.7 Å². The maximum Gasteiger partial charge on any atom is 0.335 e. The molecule has 0 radical (unpaired) electrons. The molecule has 6 heteroatoms. The van der Waals surface area contributed by atoms with Gasteiger partial charge >= 0.3 is 5.97 Å². The van der Waals surface area contributed by atoms with E-state index in [4.69, 9.17) is 4.74 Å². The van der Waals surface area contributed by atoms with E-state index in [1.54, 1.807) is 0 Å². The Labute approximate surface area is 98.0 Å². The van der Waals surface area contributed by atoms with E-state index in [1.165, 1.54) is 26.4 Å². The molecular formula is C11H14O6. The van der Waals surface area contributed by atoms with Crippen LogP contribution in [-0.4, -0.2) is 41.6 Å². The number of ether oxygens (including phenoxy) is 2. The Kier molecular flexibility index (Phi) is 4.17. The maximum atomic E-state index is 11.0. The smallest absolute Gasteiger partial charge is 0.335 e. The van der Waals surface area contributed by atoms with Crippen molar-refractivity contribution in [2.75, 3.05) is 14.2 Å². The van der Waals surface area contributed by atoms with Gasteiger partial charge in [0.05, 0.1) is 14.2 Å². The fraction of sp³-hybridized carbons (Fsp3) is 0.364. The summed E-state index contributed by atoms with van der Waals surface area (Å²) < 4.78 is 9.19. The molecule has 6 nitrogen and oxygen atoms in total. The predicted octanol–water partition coefficient (Wildman–Crippen LogP) is 0.183. The van der Waals surface area contributed by atoms with Crippen molar-refractivity contribution in [1.29, 1.82) is 0 Å². The van der Waals surface area contributed by atoms with E-state index in [2.05, 4.69) is 4.74 Å². The Bertz CT molecular complexity index is 415. The molecule has 0 aliphatic rings. The van der Waals surface area contributed by atoms with E-state index in [9.17, 15) is 20.1 Å². The van der Waals surface area contributed by atoms with Crippen LogP contribution in [0.4, 0.5) is 0 Å². The van der Waals surface area contributed by atoms with Gasteiger partial charge in [-0.1, -0.05) is 0 Å². The van der Waals surface area contributed by atoms with E-state index >= 15 is 0 Å². The largest absolute Gasteiger partial charge is 0.504 e. The fourth-order valence-electron chi connectivity index (χ4n) is 1.36. The molecule has 1 rings (SSSR count). The summed E-state index contributed by atoms with van der Waals surface area (Å²) in [4.78, 5) is 11.0. The van der Waals surface area contributed by atoms with Crippen LogP contribution in [-0.2, 0) is 16.0 Å². The normalized spacial score (nSPS) is 11.9. The molecule has 0 aliphatic carbocycles. The number of aliphatic hydroxyl groups excluding tert-OH is 1. The molecule has 0 saturated carbocycles. The van der Waals surface area contributed by atoms with Gasteiger partial charge in [0.2, 0.25) is 5.75 Å². The van der Waals surface area contributed by atoms with Crippen LogP contribution in [0.1, 0.15) is 5.56 Å². The molecule has 17 heavy (non-hydrogen) atoms. The average Bonchev–Trinajstić information content (AvgIpc) is 2.32. The first kappa shape index (κ1) is 13.1. The third kappa shape index (κ3) is 3.01. The molecule has 0 aliphatic heterocycles. The Balaban J connectivity index is 2.92. The van der Waals surface area contributed by atoms with Crippen LogP contribution in [0.25, 0.3) is 0 Å². The lowest BCUT2D eigenvalue weighted by Gasteiger charge is -2.11. The van der Waals surface area contributed by atoms with Crippen molar-refractivity contribution >= 4 is 5.97 Å². The molecule has 1 atom stereocenters. The van der Waals surface area contributed by atoms with Crippen LogP contribution in [0.5, 0.6) is 17.2 Å². The quantitative estimate of drug-likeness (QED) is 0.515. The molecule has 0 bridgehead atoms. The minimum absolute atomic E-state index is 0.0448. The number of carbonyl (C=O) groups is 1. The number of esters is 1. The molecule has 1 aromatic carbocycles. The second kappa shape index (κ2) is 5.40. The minimum atomic E-state index is -1.33. The number of hydrogen-bond donors (Lipinski definition) is 3. The van der Waals surface area contributed by atoms with Crippen LogP contribution in [0.2, 0.25) is 0 Å². The number of phenols is 2. The summed E-state index contributed by atoms with van der Waals surface area (Å²) in [6.45, 7) is 0. The topological polar surface area (TPSA) is 96.2 Å². The molecule has 1 aromatic rings. The molecule has 94 valence electrons. The maximum absolute atomic E-state index is 11.0. The van der Waals surface area contributed by atoms with Crippen molar-refractivity contribution in [1.82, 2.24) is 0 Å². The highest BCUT2D eigenvalue weighted by Gasteiger charge is 2.18. The second-order valence-corrected chi connectivity index (χ2v) is 3.41. The molecule has 0 saturated heterocycles. The van der Waals surface area contributed by atoms with Gasteiger partial charge in [0, 0.05) is 6.42 Å². The summed E-state index contributed by atoms with van der Waals surface area (Å²) in [5, 5.41) is 28.2. The number of benzene rings is 1. The Morgan fingerprint density at radius 3 is 2.53 bits per heavy atom. The Hall–Kier alpha value is -1.95. The zero-order chi connectivity index (χ0) is 13.0. The number of methoxy groups -OCH3 is 2. The molecule has 0 heterocycles. The zero-order valence-corrected chi connectivity index (χ0v) is 9.51. The van der Waals surface area contributed by atoms with E-state index in [0.717, 1.165) is 0 Å². The summed E-state index contributed by atoms with van der Waals surface area (Å²) in [7, 11) is 2.50. The lowest BCUT2D eigenvalue weighted by molar-refractivity contribution is -0.150. The lowest BCUT2D eigenvalue weighted by atomic mass is 10.1. The van der Waals surface area contributed by atoms with Gasteiger partial charge in [-0.2, -0.15) is 0 Å². The van der Waals surface area contributed by atoms with Crippen molar-refractivity contribution in [3.8, 4) is 17.2 Å². The summed E-state index contributed by atoms with van der Waals surface area (Å²) in [5.41, 5.74) is 0.440. The SMILES string of the molecule is COC(=O)C(O)Cc1cc(O)c(O)c(OC)c1. The zero-order valence-electron chi connectivity index (χ0n) is 9.51. The van der Waals surface area contributed by atoms with Crippen molar-refractivity contribution in [3.63, 3.8) is 0 Å². The molecular weight excluding hydrogens is 228 g/mol. The third-order valence-corrected chi connectivity index (χ3v) is 2.24. The molecule has 0 amide bonds. The highest BCUT2D eigenvalue weighted by molar-refractivity contribution is 5.74. The van der Waals surface area contributed by atoms with Gasteiger partial charge in [-0.15, -0.1) is 0 Å². The van der Waals surface area contributed by atoms with Crippen LogP contribution in [0.15, 0.2) is 12.1 Å². The van der Waals surface area contributed by atoms with E-state index < -0.39 is 12.1 Å². The van der Waals surface area contributed by atoms with Gasteiger partial charge in [-0.05, 0) is 17.7 Å². The van der Waals surface area contributed by atoms with E-state index in [0.29, 0.717) is 5.56 Å². The van der Waals surface area contributed by atoms with Crippen LogP contribution >= 0.6 is 0 Å². The van der Waals surface area contributed by atoms with Crippen LogP contribution < -0.4 is 4.74 Å². The van der Waals surface area contributed by atoms with Crippen LogP contribution in [0.3, 0.4) is 0 Å². The molecule has 0 fully saturated rings. The predicted molar refractivity (Wildman–Crippen MR) is 58.1 cm³/mol. The first-order chi connectivity index (χ1) is 7.99. The fourth-order valence-corrected chi connectivity index (χ4v) is 1.36. The van der Waals surface area contributed by atoms with Crippen molar-refractivity contribution in [2.24, 2.45) is 0 Å². The first-order valence-electron chi connectivity index (χ1n) is 4.84. The first-order valence-corrected chi connectivity index (χ1v) is 4.84.